The summed E-state index contributed by atoms with van der Waals surface area (Å²) in [6.45, 7) is 2.95. The molecule has 0 bridgehead atoms. The van der Waals surface area contributed by atoms with E-state index in [1.165, 1.54) is 19.1 Å². The Hall–Kier alpha value is -2.60. The molecule has 0 unspecified atom stereocenters. The van der Waals surface area contributed by atoms with Crippen molar-refractivity contribution in [3.8, 4) is 17.2 Å². The van der Waals surface area contributed by atoms with E-state index in [-0.39, 0.29) is 11.2 Å². The Labute approximate surface area is 145 Å². The van der Waals surface area contributed by atoms with Gasteiger partial charge in [0.25, 0.3) is 0 Å². The molecule has 1 heterocycles. The minimum Gasteiger partial charge on any atom is -0.457 e. The van der Waals surface area contributed by atoms with Crippen LogP contribution in [0.15, 0.2) is 56.1 Å². The minimum absolute atomic E-state index is 0.120. The smallest absolute Gasteiger partial charge is 0.308 e. The summed E-state index contributed by atoms with van der Waals surface area (Å²) in [5.41, 5.74) is 0.0367. The summed E-state index contributed by atoms with van der Waals surface area (Å²) in [5, 5.41) is 0.346. The minimum atomic E-state index is -0.442. The number of rotatable bonds is 3. The number of aryl methyl sites for hydroxylation is 1. The molecule has 0 N–H and O–H groups in total. The van der Waals surface area contributed by atoms with Crippen molar-refractivity contribution in [3.05, 3.63) is 62.9 Å². The highest BCUT2D eigenvalue weighted by Gasteiger charge is 2.15. The molecule has 0 aliphatic rings. The van der Waals surface area contributed by atoms with Gasteiger partial charge in [-0.3, -0.25) is 9.59 Å². The summed E-state index contributed by atoms with van der Waals surface area (Å²) in [4.78, 5) is 23.7. The topological polar surface area (TPSA) is 65.7 Å². The molecule has 122 valence electrons. The number of carbonyl (C=O) groups is 1. The van der Waals surface area contributed by atoms with Gasteiger partial charge in [0, 0.05) is 13.0 Å². The zero-order valence-electron chi connectivity index (χ0n) is 13.0. The number of hydrogen-bond acceptors (Lipinski definition) is 5. The molecule has 0 saturated heterocycles. The monoisotopic (exact) mass is 388 g/mol. The number of esters is 1. The lowest BCUT2D eigenvalue weighted by atomic mass is 10.2. The Morgan fingerprint density at radius 1 is 1.17 bits per heavy atom. The zero-order chi connectivity index (χ0) is 17.3. The molecule has 0 atom stereocenters. The number of halogens is 1. The number of benzene rings is 2. The summed E-state index contributed by atoms with van der Waals surface area (Å²) in [6.07, 6.45) is 0. The van der Waals surface area contributed by atoms with Crippen molar-refractivity contribution in [2.75, 3.05) is 0 Å². The molecule has 0 radical (unpaired) electrons. The van der Waals surface area contributed by atoms with Crippen LogP contribution < -0.4 is 14.9 Å². The number of hydrogen-bond donors (Lipinski definition) is 0. The number of carbonyl (C=O) groups excluding carboxylic acids is 1. The van der Waals surface area contributed by atoms with E-state index in [1.807, 2.05) is 18.2 Å². The lowest BCUT2D eigenvalue weighted by molar-refractivity contribution is -0.131. The normalized spacial score (nSPS) is 10.6. The van der Waals surface area contributed by atoms with Crippen LogP contribution in [0.4, 0.5) is 0 Å². The van der Waals surface area contributed by atoms with Gasteiger partial charge in [-0.2, -0.15) is 0 Å². The third-order valence-corrected chi connectivity index (χ3v) is 3.95. The highest BCUT2D eigenvalue weighted by Crippen LogP contribution is 2.31. The van der Waals surface area contributed by atoms with Gasteiger partial charge in [0.2, 0.25) is 11.2 Å². The summed E-state index contributed by atoms with van der Waals surface area (Å²) in [6, 6.07) is 11.8. The average molecular weight is 389 g/mol. The molecular formula is C18H13BrO5. The largest absolute Gasteiger partial charge is 0.457 e. The van der Waals surface area contributed by atoms with E-state index in [2.05, 4.69) is 15.9 Å². The maximum Gasteiger partial charge on any atom is 0.308 e. The third-order valence-electron chi connectivity index (χ3n) is 3.30. The average Bonchev–Trinajstić information content (AvgIpc) is 2.52. The Bertz CT molecular complexity index is 990. The van der Waals surface area contributed by atoms with Gasteiger partial charge in [-0.1, -0.05) is 12.1 Å². The van der Waals surface area contributed by atoms with Crippen LogP contribution >= 0.6 is 15.9 Å². The molecular weight excluding hydrogens is 376 g/mol. The Morgan fingerprint density at radius 2 is 1.92 bits per heavy atom. The van der Waals surface area contributed by atoms with E-state index in [0.29, 0.717) is 28.2 Å². The second-order valence-corrected chi connectivity index (χ2v) is 5.95. The number of ether oxygens (including phenoxy) is 2. The summed E-state index contributed by atoms with van der Waals surface area (Å²) < 4.78 is 17.1. The first kappa shape index (κ1) is 16.3. The molecule has 6 heteroatoms. The van der Waals surface area contributed by atoms with Gasteiger partial charge in [-0.15, -0.1) is 0 Å². The first-order valence-electron chi connectivity index (χ1n) is 7.14. The van der Waals surface area contributed by atoms with Crippen LogP contribution in [-0.4, -0.2) is 5.97 Å². The highest BCUT2D eigenvalue weighted by atomic mass is 79.9. The van der Waals surface area contributed by atoms with Gasteiger partial charge in [0.15, 0.2) is 0 Å². The van der Waals surface area contributed by atoms with E-state index in [4.69, 9.17) is 13.9 Å². The Balaban J connectivity index is 2.09. The zero-order valence-corrected chi connectivity index (χ0v) is 14.5. The standard InChI is InChI=1S/C18H13BrO5/c1-10-18(24-15-6-4-3-5-14(15)19)17(21)13-8-7-12(23-11(2)20)9-16(13)22-10/h3-9H,1-2H3. The van der Waals surface area contributed by atoms with Crippen LogP contribution in [0.1, 0.15) is 12.7 Å². The predicted octanol–water partition coefficient (Wildman–Crippen LogP) is 4.58. The molecule has 1 aromatic heterocycles. The van der Waals surface area contributed by atoms with E-state index < -0.39 is 5.97 Å². The van der Waals surface area contributed by atoms with Gasteiger partial charge >= 0.3 is 5.97 Å². The fraction of sp³-hybridized carbons (Fsp3) is 0.111. The van der Waals surface area contributed by atoms with Crippen LogP contribution in [0.3, 0.4) is 0 Å². The molecule has 0 aliphatic carbocycles. The van der Waals surface area contributed by atoms with Crippen molar-refractivity contribution < 1.29 is 18.7 Å². The summed E-state index contributed by atoms with van der Waals surface area (Å²) in [7, 11) is 0. The van der Waals surface area contributed by atoms with Gasteiger partial charge in [0.1, 0.15) is 22.8 Å². The van der Waals surface area contributed by atoms with Gasteiger partial charge in [-0.25, -0.2) is 0 Å². The van der Waals surface area contributed by atoms with Crippen molar-refractivity contribution in [3.63, 3.8) is 0 Å². The molecule has 3 rings (SSSR count). The number of fused-ring (bicyclic) bond motifs is 1. The van der Waals surface area contributed by atoms with E-state index >= 15 is 0 Å². The number of para-hydroxylation sites is 1. The van der Waals surface area contributed by atoms with Crippen LogP contribution in [0.2, 0.25) is 0 Å². The SMILES string of the molecule is CC(=O)Oc1ccc2c(=O)c(Oc3ccccc3Br)c(C)oc2c1. The van der Waals surface area contributed by atoms with E-state index in [0.717, 1.165) is 4.47 Å². The molecule has 0 aliphatic heterocycles. The highest BCUT2D eigenvalue weighted by molar-refractivity contribution is 9.10. The van der Waals surface area contributed by atoms with Crippen LogP contribution in [-0.2, 0) is 4.79 Å². The molecule has 24 heavy (non-hydrogen) atoms. The molecule has 0 saturated carbocycles. The van der Waals surface area contributed by atoms with Gasteiger partial charge in [-0.05, 0) is 47.1 Å². The van der Waals surface area contributed by atoms with Crippen molar-refractivity contribution >= 4 is 32.9 Å². The first-order chi connectivity index (χ1) is 11.5. The van der Waals surface area contributed by atoms with Gasteiger partial charge in [0.05, 0.1) is 9.86 Å². The van der Waals surface area contributed by atoms with Gasteiger partial charge < -0.3 is 13.9 Å². The van der Waals surface area contributed by atoms with Crippen LogP contribution in [0, 0.1) is 6.92 Å². The molecule has 0 amide bonds. The summed E-state index contributed by atoms with van der Waals surface area (Å²) >= 11 is 3.38. The molecule has 0 fully saturated rings. The van der Waals surface area contributed by atoms with Crippen molar-refractivity contribution in [1.29, 1.82) is 0 Å². The van der Waals surface area contributed by atoms with Crippen LogP contribution in [0.25, 0.3) is 11.0 Å². The fourth-order valence-corrected chi connectivity index (χ4v) is 2.62. The quantitative estimate of drug-likeness (QED) is 0.485. The molecule has 3 aromatic rings. The summed E-state index contributed by atoms with van der Waals surface area (Å²) in [5.74, 6) is 0.848. The molecule has 0 spiro atoms. The second-order valence-electron chi connectivity index (χ2n) is 5.10. The van der Waals surface area contributed by atoms with Crippen molar-refractivity contribution in [1.82, 2.24) is 0 Å². The molecule has 2 aromatic carbocycles. The predicted molar refractivity (Wildman–Crippen MR) is 92.7 cm³/mol. The fourth-order valence-electron chi connectivity index (χ4n) is 2.25. The Morgan fingerprint density at radius 3 is 2.62 bits per heavy atom. The second kappa shape index (κ2) is 6.49. The third kappa shape index (κ3) is 3.19. The van der Waals surface area contributed by atoms with E-state index in [9.17, 15) is 9.59 Å². The lowest BCUT2D eigenvalue weighted by Gasteiger charge is -2.10. The first-order valence-corrected chi connectivity index (χ1v) is 7.93. The van der Waals surface area contributed by atoms with Crippen LogP contribution in [0.5, 0.6) is 17.2 Å². The Kier molecular flexibility index (Phi) is 4.40. The maximum atomic E-state index is 12.7. The maximum absolute atomic E-state index is 12.7. The lowest BCUT2D eigenvalue weighted by Crippen LogP contribution is -2.08. The molecule has 5 nitrogen and oxygen atoms in total. The van der Waals surface area contributed by atoms with Crippen molar-refractivity contribution in [2.45, 2.75) is 13.8 Å². The van der Waals surface area contributed by atoms with Crippen molar-refractivity contribution in [2.24, 2.45) is 0 Å². The van der Waals surface area contributed by atoms with E-state index in [1.54, 1.807) is 19.1 Å².